The zero-order valence-corrected chi connectivity index (χ0v) is 17.0. The second-order valence-corrected chi connectivity index (χ2v) is 8.24. The molecule has 3 aliphatic heterocycles. The molecule has 1 fully saturated rings. The third kappa shape index (κ3) is 3.65. The Bertz CT molecular complexity index is 1090. The molecule has 1 saturated heterocycles. The van der Waals surface area contributed by atoms with Crippen LogP contribution in [-0.2, 0) is 6.18 Å². The van der Waals surface area contributed by atoms with Crippen LogP contribution >= 0.6 is 0 Å². The first-order valence-electron chi connectivity index (χ1n) is 10.4. The lowest BCUT2D eigenvalue weighted by Crippen LogP contribution is -2.52. The lowest BCUT2D eigenvalue weighted by atomic mass is 9.82. The third-order valence-corrected chi connectivity index (χ3v) is 6.17. The molecule has 3 aliphatic rings. The number of fused-ring (bicyclic) bond motifs is 2. The first-order chi connectivity index (χ1) is 15.2. The number of benzene rings is 2. The van der Waals surface area contributed by atoms with E-state index in [1.54, 1.807) is 23.1 Å². The Morgan fingerprint density at radius 2 is 1.66 bits per heavy atom. The van der Waals surface area contributed by atoms with Crippen LogP contribution in [-0.4, -0.2) is 48.5 Å². The highest BCUT2D eigenvalue weighted by Crippen LogP contribution is 2.42. The predicted octanol–water partition coefficient (Wildman–Crippen LogP) is 4.12. The predicted molar refractivity (Wildman–Crippen MR) is 106 cm³/mol. The van der Waals surface area contributed by atoms with Gasteiger partial charge in [0.05, 0.1) is 17.5 Å². The van der Waals surface area contributed by atoms with E-state index in [1.165, 1.54) is 6.07 Å². The van der Waals surface area contributed by atoms with Gasteiger partial charge in [-0.3, -0.25) is 9.59 Å². The SMILES string of the molecule is O=C1CC2(CCN(C(=O)c3ccc4c(c3)OCCO4)CC2)Oc2cc(C(F)(F)F)ccc21. The number of alkyl halides is 3. The molecule has 0 atom stereocenters. The van der Waals surface area contributed by atoms with Crippen molar-refractivity contribution in [1.29, 1.82) is 0 Å². The molecule has 5 rings (SSSR count). The number of halogens is 3. The minimum absolute atomic E-state index is 0.0392. The molecule has 1 spiro atoms. The number of nitrogens with zero attached hydrogens (tertiary/aromatic N) is 1. The minimum Gasteiger partial charge on any atom is -0.486 e. The molecule has 0 unspecified atom stereocenters. The molecule has 0 saturated carbocycles. The molecule has 168 valence electrons. The fourth-order valence-electron chi connectivity index (χ4n) is 4.43. The van der Waals surface area contributed by atoms with Gasteiger partial charge in [-0.25, -0.2) is 0 Å². The lowest BCUT2D eigenvalue weighted by molar-refractivity contribution is -0.137. The number of piperidine rings is 1. The second kappa shape index (κ2) is 7.43. The van der Waals surface area contributed by atoms with Crippen molar-refractivity contribution in [3.63, 3.8) is 0 Å². The van der Waals surface area contributed by atoms with Gasteiger partial charge in [-0.15, -0.1) is 0 Å². The van der Waals surface area contributed by atoms with E-state index in [0.29, 0.717) is 56.2 Å². The summed E-state index contributed by atoms with van der Waals surface area (Å²) in [6.07, 6.45) is -3.74. The van der Waals surface area contributed by atoms with E-state index in [9.17, 15) is 22.8 Å². The number of amides is 1. The second-order valence-electron chi connectivity index (χ2n) is 8.24. The van der Waals surface area contributed by atoms with Gasteiger partial charge in [0.15, 0.2) is 17.3 Å². The van der Waals surface area contributed by atoms with Crippen molar-refractivity contribution in [2.75, 3.05) is 26.3 Å². The Balaban J connectivity index is 1.31. The molecule has 0 bridgehead atoms. The molecular weight excluding hydrogens is 427 g/mol. The molecule has 3 heterocycles. The van der Waals surface area contributed by atoms with Crippen LogP contribution in [0.2, 0.25) is 0 Å². The summed E-state index contributed by atoms with van der Waals surface area (Å²) in [4.78, 5) is 27.3. The summed E-state index contributed by atoms with van der Waals surface area (Å²) in [5.74, 6) is 0.651. The van der Waals surface area contributed by atoms with Crippen molar-refractivity contribution >= 4 is 11.7 Å². The summed E-state index contributed by atoms with van der Waals surface area (Å²) in [6, 6.07) is 7.99. The van der Waals surface area contributed by atoms with Gasteiger partial charge in [-0.2, -0.15) is 13.2 Å². The summed E-state index contributed by atoms with van der Waals surface area (Å²) >= 11 is 0. The number of rotatable bonds is 1. The maximum atomic E-state index is 13.1. The molecular formula is C23H20F3NO5. The molecule has 0 radical (unpaired) electrons. The number of carbonyl (C=O) groups is 2. The molecule has 2 aromatic carbocycles. The number of likely N-dealkylation sites (tertiary alicyclic amines) is 1. The third-order valence-electron chi connectivity index (χ3n) is 6.17. The number of Topliss-reactive ketones (excluding diaryl/α,β-unsaturated/α-hetero) is 1. The van der Waals surface area contributed by atoms with Gasteiger partial charge in [0.25, 0.3) is 5.91 Å². The Hall–Kier alpha value is -3.23. The Kier molecular flexibility index (Phi) is 4.79. The van der Waals surface area contributed by atoms with Gasteiger partial charge in [0.1, 0.15) is 24.6 Å². The molecule has 0 aromatic heterocycles. The van der Waals surface area contributed by atoms with E-state index in [1.807, 2.05) is 0 Å². The quantitative estimate of drug-likeness (QED) is 0.658. The summed E-state index contributed by atoms with van der Waals surface area (Å²) in [7, 11) is 0. The molecule has 0 N–H and O–H groups in total. The number of hydrogen-bond donors (Lipinski definition) is 0. The molecule has 32 heavy (non-hydrogen) atoms. The average molecular weight is 447 g/mol. The van der Waals surface area contributed by atoms with Crippen LogP contribution < -0.4 is 14.2 Å². The first-order valence-corrected chi connectivity index (χ1v) is 10.4. The highest BCUT2D eigenvalue weighted by atomic mass is 19.4. The largest absolute Gasteiger partial charge is 0.486 e. The van der Waals surface area contributed by atoms with Crippen LogP contribution in [0.3, 0.4) is 0 Å². The van der Waals surface area contributed by atoms with Gasteiger partial charge in [-0.05, 0) is 36.4 Å². The van der Waals surface area contributed by atoms with Crippen molar-refractivity contribution in [2.24, 2.45) is 0 Å². The highest BCUT2D eigenvalue weighted by Gasteiger charge is 2.44. The average Bonchev–Trinajstić information content (AvgIpc) is 2.78. The van der Waals surface area contributed by atoms with E-state index in [4.69, 9.17) is 14.2 Å². The van der Waals surface area contributed by atoms with Crippen LogP contribution in [0.25, 0.3) is 0 Å². The first kappa shape index (κ1) is 20.7. The molecule has 6 nitrogen and oxygen atoms in total. The maximum absolute atomic E-state index is 13.1. The van der Waals surface area contributed by atoms with Gasteiger partial charge in [0, 0.05) is 31.5 Å². The number of ketones is 1. The van der Waals surface area contributed by atoms with Crippen LogP contribution in [0.4, 0.5) is 13.2 Å². The molecule has 1 amide bonds. The maximum Gasteiger partial charge on any atom is 0.416 e. The number of carbonyl (C=O) groups excluding carboxylic acids is 2. The van der Waals surface area contributed by atoms with Gasteiger partial charge < -0.3 is 19.1 Å². The van der Waals surface area contributed by atoms with Gasteiger partial charge in [0.2, 0.25) is 0 Å². The fourth-order valence-corrected chi connectivity index (χ4v) is 4.43. The number of hydrogen-bond acceptors (Lipinski definition) is 5. The molecule has 2 aromatic rings. The van der Waals surface area contributed by atoms with Gasteiger partial charge in [-0.1, -0.05) is 0 Å². The Labute approximate surface area is 181 Å². The summed E-state index contributed by atoms with van der Waals surface area (Å²) in [5, 5.41) is 0. The van der Waals surface area contributed by atoms with Crippen molar-refractivity contribution in [3.8, 4) is 17.2 Å². The summed E-state index contributed by atoms with van der Waals surface area (Å²) < 4.78 is 56.3. The zero-order chi connectivity index (χ0) is 22.5. The van der Waals surface area contributed by atoms with Crippen LogP contribution in [0.5, 0.6) is 17.2 Å². The van der Waals surface area contributed by atoms with Crippen LogP contribution in [0, 0.1) is 0 Å². The van der Waals surface area contributed by atoms with E-state index < -0.39 is 17.3 Å². The van der Waals surface area contributed by atoms with Crippen molar-refractivity contribution in [2.45, 2.75) is 31.0 Å². The smallest absolute Gasteiger partial charge is 0.416 e. The van der Waals surface area contributed by atoms with Gasteiger partial charge >= 0.3 is 6.18 Å². The zero-order valence-electron chi connectivity index (χ0n) is 17.0. The van der Waals surface area contributed by atoms with E-state index in [-0.39, 0.29) is 29.4 Å². The molecule has 0 aliphatic carbocycles. The van der Waals surface area contributed by atoms with E-state index >= 15 is 0 Å². The minimum atomic E-state index is -4.52. The monoisotopic (exact) mass is 447 g/mol. The van der Waals surface area contributed by atoms with E-state index in [2.05, 4.69) is 0 Å². The summed E-state index contributed by atoms with van der Waals surface area (Å²) in [5.41, 5.74) is -1.13. The number of ether oxygens (including phenoxy) is 3. The van der Waals surface area contributed by atoms with E-state index in [0.717, 1.165) is 12.1 Å². The normalized spacial score (nSPS) is 19.3. The van der Waals surface area contributed by atoms with Crippen molar-refractivity contribution < 1.29 is 37.0 Å². The lowest BCUT2D eigenvalue weighted by Gasteiger charge is -2.44. The van der Waals surface area contributed by atoms with Crippen molar-refractivity contribution in [3.05, 3.63) is 53.1 Å². The highest BCUT2D eigenvalue weighted by molar-refractivity contribution is 6.00. The topological polar surface area (TPSA) is 65.1 Å². The van der Waals surface area contributed by atoms with Crippen molar-refractivity contribution in [1.82, 2.24) is 4.90 Å². The Morgan fingerprint density at radius 3 is 2.38 bits per heavy atom. The van der Waals surface area contributed by atoms with Crippen LogP contribution in [0.1, 0.15) is 45.5 Å². The summed E-state index contributed by atoms with van der Waals surface area (Å²) in [6.45, 7) is 1.53. The Morgan fingerprint density at radius 1 is 0.938 bits per heavy atom. The van der Waals surface area contributed by atoms with Crippen LogP contribution in [0.15, 0.2) is 36.4 Å². The molecule has 9 heteroatoms. The standard InChI is InChI=1S/C23H20F3NO5/c24-23(25,26)15-2-3-16-17(28)13-22(32-19(16)12-15)5-7-27(8-6-22)21(29)14-1-4-18-20(11-14)31-10-9-30-18/h1-4,11-12H,5-10,13H2. The fraction of sp³-hybridized carbons (Fsp3) is 0.391.